The van der Waals surface area contributed by atoms with E-state index in [9.17, 15) is 4.79 Å². The summed E-state index contributed by atoms with van der Waals surface area (Å²) < 4.78 is 0. The van der Waals surface area contributed by atoms with Crippen molar-refractivity contribution in [2.45, 2.75) is 13.3 Å². The summed E-state index contributed by atoms with van der Waals surface area (Å²) in [6.07, 6.45) is 0.926. The van der Waals surface area contributed by atoms with E-state index in [-0.39, 0.29) is 6.03 Å². The molecule has 4 nitrogen and oxygen atoms in total. The number of urea groups is 1. The Kier molecular flexibility index (Phi) is 5.95. The van der Waals surface area contributed by atoms with Crippen LogP contribution in [0.1, 0.15) is 12.0 Å². The molecule has 1 rings (SSSR count). The number of hydrogen-bond donors (Lipinski definition) is 2. The van der Waals surface area contributed by atoms with Crippen LogP contribution in [0.15, 0.2) is 18.2 Å². The zero-order chi connectivity index (χ0) is 13.5. The second-order valence-electron chi connectivity index (χ2n) is 4.50. The number of benzene rings is 1. The first-order valence-electron chi connectivity index (χ1n) is 5.95. The number of carbonyl (C=O) groups is 1. The summed E-state index contributed by atoms with van der Waals surface area (Å²) >= 11 is 5.88. The van der Waals surface area contributed by atoms with Gasteiger partial charge in [-0.15, -0.1) is 0 Å². The largest absolute Gasteiger partial charge is 0.338 e. The summed E-state index contributed by atoms with van der Waals surface area (Å²) in [4.78, 5) is 13.7. The van der Waals surface area contributed by atoms with Crippen LogP contribution in [-0.2, 0) is 0 Å². The van der Waals surface area contributed by atoms with E-state index in [4.69, 9.17) is 11.6 Å². The monoisotopic (exact) mass is 269 g/mol. The zero-order valence-electron chi connectivity index (χ0n) is 11.1. The van der Waals surface area contributed by atoms with Gasteiger partial charge in [0.2, 0.25) is 0 Å². The fraction of sp³-hybridized carbons (Fsp3) is 0.462. The van der Waals surface area contributed by atoms with Gasteiger partial charge in [-0.25, -0.2) is 4.79 Å². The highest BCUT2D eigenvalue weighted by atomic mass is 35.5. The molecule has 0 saturated heterocycles. The molecule has 0 aromatic heterocycles. The van der Waals surface area contributed by atoms with Crippen LogP contribution in [0.3, 0.4) is 0 Å². The van der Waals surface area contributed by atoms with Crippen molar-refractivity contribution in [3.05, 3.63) is 28.8 Å². The SMILES string of the molecule is Cc1ccc(Cl)cc1NC(=O)NCCCN(C)C. The minimum Gasteiger partial charge on any atom is -0.338 e. The summed E-state index contributed by atoms with van der Waals surface area (Å²) in [7, 11) is 4.02. The number of halogens is 1. The van der Waals surface area contributed by atoms with Crippen LogP contribution in [0, 0.1) is 6.92 Å². The first-order chi connectivity index (χ1) is 8.49. The third kappa shape index (κ3) is 5.38. The molecule has 18 heavy (non-hydrogen) atoms. The smallest absolute Gasteiger partial charge is 0.319 e. The molecule has 100 valence electrons. The van der Waals surface area contributed by atoms with Gasteiger partial charge in [0.05, 0.1) is 0 Å². The number of aryl methyl sites for hydroxylation is 1. The Balaban J connectivity index is 2.38. The second kappa shape index (κ2) is 7.24. The van der Waals surface area contributed by atoms with Gasteiger partial charge in [-0.1, -0.05) is 17.7 Å². The number of amides is 2. The lowest BCUT2D eigenvalue weighted by Crippen LogP contribution is -2.31. The lowest BCUT2D eigenvalue weighted by Gasteiger charge is -2.12. The maximum Gasteiger partial charge on any atom is 0.319 e. The first-order valence-corrected chi connectivity index (χ1v) is 6.32. The third-order valence-electron chi connectivity index (χ3n) is 2.52. The molecule has 5 heteroatoms. The average Bonchev–Trinajstić information content (AvgIpc) is 2.29. The predicted molar refractivity (Wildman–Crippen MR) is 76.4 cm³/mol. The Morgan fingerprint density at radius 3 is 2.78 bits per heavy atom. The number of hydrogen-bond acceptors (Lipinski definition) is 2. The quantitative estimate of drug-likeness (QED) is 0.808. The standard InChI is InChI=1S/C13H20ClN3O/c1-10-5-6-11(14)9-12(10)16-13(18)15-7-4-8-17(2)3/h5-6,9H,4,7-8H2,1-3H3,(H2,15,16,18). The number of nitrogens with zero attached hydrogens (tertiary/aromatic N) is 1. The van der Waals surface area contributed by atoms with Crippen molar-refractivity contribution < 1.29 is 4.79 Å². The van der Waals surface area contributed by atoms with Crippen molar-refractivity contribution in [2.75, 3.05) is 32.5 Å². The van der Waals surface area contributed by atoms with Gasteiger partial charge in [0, 0.05) is 17.3 Å². The van der Waals surface area contributed by atoms with Gasteiger partial charge in [0.25, 0.3) is 0 Å². The van der Waals surface area contributed by atoms with Crippen molar-refractivity contribution in [3.8, 4) is 0 Å². The molecule has 1 aromatic rings. The van der Waals surface area contributed by atoms with Crippen LogP contribution in [-0.4, -0.2) is 38.1 Å². The maximum absolute atomic E-state index is 11.6. The topological polar surface area (TPSA) is 44.4 Å². The molecule has 0 atom stereocenters. The average molecular weight is 270 g/mol. The Morgan fingerprint density at radius 1 is 1.39 bits per heavy atom. The molecule has 0 saturated carbocycles. The molecule has 0 spiro atoms. The van der Waals surface area contributed by atoms with Crippen molar-refractivity contribution in [1.82, 2.24) is 10.2 Å². The van der Waals surface area contributed by atoms with E-state index in [0.29, 0.717) is 11.6 Å². The fourth-order valence-electron chi connectivity index (χ4n) is 1.49. The number of rotatable bonds is 5. The lowest BCUT2D eigenvalue weighted by molar-refractivity contribution is 0.251. The summed E-state index contributed by atoms with van der Waals surface area (Å²) in [5.74, 6) is 0. The van der Waals surface area contributed by atoms with Crippen molar-refractivity contribution in [3.63, 3.8) is 0 Å². The van der Waals surface area contributed by atoms with E-state index in [1.54, 1.807) is 12.1 Å². The molecule has 0 radical (unpaired) electrons. The van der Waals surface area contributed by atoms with E-state index in [1.165, 1.54) is 0 Å². The Morgan fingerprint density at radius 2 is 2.11 bits per heavy atom. The highest BCUT2D eigenvalue weighted by Gasteiger charge is 2.04. The minimum absolute atomic E-state index is 0.195. The van der Waals surface area contributed by atoms with E-state index in [0.717, 1.165) is 24.2 Å². The van der Waals surface area contributed by atoms with Gasteiger partial charge in [-0.2, -0.15) is 0 Å². The van der Waals surface area contributed by atoms with Crippen molar-refractivity contribution in [1.29, 1.82) is 0 Å². The van der Waals surface area contributed by atoms with Crippen molar-refractivity contribution in [2.24, 2.45) is 0 Å². The first kappa shape index (κ1) is 14.8. The van der Waals surface area contributed by atoms with E-state index in [1.807, 2.05) is 27.1 Å². The number of nitrogens with one attached hydrogen (secondary N) is 2. The summed E-state index contributed by atoms with van der Waals surface area (Å²) in [6, 6.07) is 5.23. The molecule has 2 amide bonds. The summed E-state index contributed by atoms with van der Waals surface area (Å²) in [6.45, 7) is 3.54. The predicted octanol–water partition coefficient (Wildman–Crippen LogP) is 2.72. The highest BCUT2D eigenvalue weighted by Crippen LogP contribution is 2.19. The van der Waals surface area contributed by atoms with Gasteiger partial charge in [-0.05, 0) is 51.7 Å². The number of anilines is 1. The van der Waals surface area contributed by atoms with E-state index in [2.05, 4.69) is 15.5 Å². The molecule has 0 aliphatic carbocycles. The van der Waals surface area contributed by atoms with Gasteiger partial charge in [-0.3, -0.25) is 0 Å². The summed E-state index contributed by atoms with van der Waals surface area (Å²) in [5.41, 5.74) is 1.73. The van der Waals surface area contributed by atoms with Crippen LogP contribution in [0.5, 0.6) is 0 Å². The van der Waals surface area contributed by atoms with Crippen LogP contribution in [0.2, 0.25) is 5.02 Å². The maximum atomic E-state index is 11.6. The molecular formula is C13H20ClN3O. The van der Waals surface area contributed by atoms with Gasteiger partial charge >= 0.3 is 6.03 Å². The lowest BCUT2D eigenvalue weighted by atomic mass is 10.2. The molecule has 2 N–H and O–H groups in total. The second-order valence-corrected chi connectivity index (χ2v) is 4.93. The van der Waals surface area contributed by atoms with Crippen molar-refractivity contribution >= 4 is 23.3 Å². The van der Waals surface area contributed by atoms with Gasteiger partial charge in [0.15, 0.2) is 0 Å². The minimum atomic E-state index is -0.195. The molecule has 0 unspecified atom stereocenters. The molecule has 0 aliphatic heterocycles. The van der Waals surface area contributed by atoms with Crippen LogP contribution >= 0.6 is 11.6 Å². The molecule has 0 fully saturated rings. The molecule has 0 aliphatic rings. The number of carbonyl (C=O) groups excluding carboxylic acids is 1. The van der Waals surface area contributed by atoms with Crippen LogP contribution in [0.4, 0.5) is 10.5 Å². The fourth-order valence-corrected chi connectivity index (χ4v) is 1.66. The highest BCUT2D eigenvalue weighted by molar-refractivity contribution is 6.31. The zero-order valence-corrected chi connectivity index (χ0v) is 11.8. The molecular weight excluding hydrogens is 250 g/mol. The summed E-state index contributed by atoms with van der Waals surface area (Å²) in [5, 5.41) is 6.22. The Labute approximate surface area is 113 Å². The molecule has 0 bridgehead atoms. The van der Waals surface area contributed by atoms with Gasteiger partial charge < -0.3 is 15.5 Å². The van der Waals surface area contributed by atoms with Gasteiger partial charge in [0.1, 0.15) is 0 Å². The Hall–Kier alpha value is -1.26. The molecule has 0 heterocycles. The van der Waals surface area contributed by atoms with E-state index < -0.39 is 0 Å². The van der Waals surface area contributed by atoms with Crippen LogP contribution in [0.25, 0.3) is 0 Å². The van der Waals surface area contributed by atoms with Crippen LogP contribution < -0.4 is 10.6 Å². The normalized spacial score (nSPS) is 10.5. The molecule has 1 aromatic carbocycles. The Bertz CT molecular complexity index is 407. The third-order valence-corrected chi connectivity index (χ3v) is 2.75. The van der Waals surface area contributed by atoms with E-state index >= 15 is 0 Å².